The summed E-state index contributed by atoms with van der Waals surface area (Å²) in [6.07, 6.45) is 1.71. The molecule has 52 heavy (non-hydrogen) atoms. The molecule has 0 radical (unpaired) electrons. The molecule has 0 aliphatic carbocycles. The monoisotopic (exact) mass is 692 g/mol. The lowest BCUT2D eigenvalue weighted by Gasteiger charge is -2.18. The molecule has 0 amide bonds. The molecule has 0 aliphatic rings. The molecule has 8 heteroatoms. The predicted octanol–water partition coefficient (Wildman–Crippen LogP) is 9.40. The fourth-order valence-corrected chi connectivity index (χ4v) is 6.28. The van der Waals surface area contributed by atoms with Crippen LogP contribution in [0.15, 0.2) is 144 Å². The number of phenolic OH excluding ortho intramolecular Hbond substituents is 2. The zero-order valence-electron chi connectivity index (χ0n) is 29.5. The molecule has 8 nitrogen and oxygen atoms in total. The third kappa shape index (κ3) is 8.60. The number of nitrogens with zero attached hydrogens (tertiary/aromatic N) is 2. The number of phenols is 2. The molecule has 0 saturated carbocycles. The van der Waals surface area contributed by atoms with Crippen molar-refractivity contribution in [1.82, 2.24) is 0 Å². The molecule has 264 valence electrons. The summed E-state index contributed by atoms with van der Waals surface area (Å²) in [5.41, 5.74) is 23.3. The number of benzene rings is 6. The van der Waals surface area contributed by atoms with Gasteiger partial charge in [-0.15, -0.1) is 0 Å². The molecule has 0 spiro atoms. The summed E-state index contributed by atoms with van der Waals surface area (Å²) in [6.45, 7) is 6.39. The molecule has 6 aromatic carbocycles. The van der Waals surface area contributed by atoms with E-state index in [4.69, 9.17) is 11.5 Å². The third-order valence-electron chi connectivity index (χ3n) is 8.70. The highest BCUT2D eigenvalue weighted by Crippen LogP contribution is 2.38. The standard InChI is InChI=1S/C23H24N2O2.C21H20N2O2/c1-15(2)12-16-13-20(17-8-10-19(26)11-9-17)22(18-6-4-3-5-7-18)21(14-16)23(24)25-27;1-2-14-12-18(15-8-10-17(24)11-9-15)20(16-6-4-3-5-7-16)19(13-14)21(22)23-25/h3-11,13-15,26-27H,12H2,1-2H3,(H2,24,25);3-13,24-25H,2H2,1H3,(H2,22,23). The van der Waals surface area contributed by atoms with Crippen LogP contribution in [-0.4, -0.2) is 32.3 Å². The summed E-state index contributed by atoms with van der Waals surface area (Å²) in [4.78, 5) is 0. The van der Waals surface area contributed by atoms with Gasteiger partial charge in [0, 0.05) is 22.3 Å². The second-order valence-electron chi connectivity index (χ2n) is 12.9. The minimum Gasteiger partial charge on any atom is -0.508 e. The SMILES string of the molecule is CC(C)Cc1cc(C(N)=NO)c(-c2ccccc2)c(-c2ccc(O)cc2)c1.CCc1cc(C(N)=NO)c(-c2ccccc2)c(-c2ccc(O)cc2)c1. The van der Waals surface area contributed by atoms with Crippen LogP contribution >= 0.6 is 0 Å². The van der Waals surface area contributed by atoms with Gasteiger partial charge in [-0.05, 0) is 99.7 Å². The van der Waals surface area contributed by atoms with Crippen molar-refractivity contribution in [2.45, 2.75) is 33.6 Å². The topological polar surface area (TPSA) is 158 Å². The Morgan fingerprint density at radius 1 is 0.538 bits per heavy atom. The normalized spacial score (nSPS) is 11.6. The summed E-state index contributed by atoms with van der Waals surface area (Å²) in [6, 6.07) is 42.2. The van der Waals surface area contributed by atoms with E-state index in [2.05, 4.69) is 43.2 Å². The summed E-state index contributed by atoms with van der Waals surface area (Å²) >= 11 is 0. The largest absolute Gasteiger partial charge is 0.508 e. The van der Waals surface area contributed by atoms with Crippen molar-refractivity contribution in [3.8, 4) is 56.0 Å². The van der Waals surface area contributed by atoms with E-state index in [-0.39, 0.29) is 23.2 Å². The quantitative estimate of drug-likeness (QED) is 0.0383. The molecule has 0 bridgehead atoms. The first kappa shape index (κ1) is 36.7. The Labute approximate surface area is 304 Å². The van der Waals surface area contributed by atoms with Gasteiger partial charge in [-0.1, -0.05) is 128 Å². The number of nitrogens with two attached hydrogens (primary N) is 2. The van der Waals surface area contributed by atoms with E-state index < -0.39 is 0 Å². The van der Waals surface area contributed by atoms with Crippen molar-refractivity contribution in [2.75, 3.05) is 0 Å². The summed E-state index contributed by atoms with van der Waals surface area (Å²) in [7, 11) is 0. The average molecular weight is 693 g/mol. The van der Waals surface area contributed by atoms with E-state index in [1.807, 2.05) is 97.1 Å². The Morgan fingerprint density at radius 3 is 1.29 bits per heavy atom. The second-order valence-corrected chi connectivity index (χ2v) is 12.9. The first-order chi connectivity index (χ1) is 25.1. The lowest BCUT2D eigenvalue weighted by molar-refractivity contribution is 0.318. The number of amidine groups is 2. The van der Waals surface area contributed by atoms with Gasteiger partial charge >= 0.3 is 0 Å². The third-order valence-corrected chi connectivity index (χ3v) is 8.70. The number of hydrogen-bond acceptors (Lipinski definition) is 6. The van der Waals surface area contributed by atoms with Crippen molar-refractivity contribution in [2.24, 2.45) is 27.7 Å². The van der Waals surface area contributed by atoms with Crippen LogP contribution in [-0.2, 0) is 12.8 Å². The zero-order chi connectivity index (χ0) is 37.2. The maximum absolute atomic E-state index is 9.67. The van der Waals surface area contributed by atoms with E-state index in [0.29, 0.717) is 17.0 Å². The highest BCUT2D eigenvalue weighted by molar-refractivity contribution is 6.08. The Bertz CT molecular complexity index is 2160. The highest BCUT2D eigenvalue weighted by Gasteiger charge is 2.19. The number of oxime groups is 2. The van der Waals surface area contributed by atoms with Gasteiger partial charge in [0.05, 0.1) is 0 Å². The molecule has 0 aliphatic heterocycles. The van der Waals surface area contributed by atoms with Crippen molar-refractivity contribution in [3.05, 3.63) is 156 Å². The molecule has 0 aromatic heterocycles. The minimum atomic E-state index is 0.0779. The molecule has 0 heterocycles. The van der Waals surface area contributed by atoms with Crippen LogP contribution in [0.2, 0.25) is 0 Å². The molecule has 0 saturated heterocycles. The number of hydrogen-bond donors (Lipinski definition) is 6. The molecular weight excluding hydrogens is 649 g/mol. The van der Waals surface area contributed by atoms with Gasteiger partial charge in [-0.3, -0.25) is 0 Å². The minimum absolute atomic E-state index is 0.0779. The fourth-order valence-electron chi connectivity index (χ4n) is 6.28. The smallest absolute Gasteiger partial charge is 0.170 e. The number of aromatic hydroxyl groups is 2. The first-order valence-corrected chi connectivity index (χ1v) is 17.1. The van der Waals surface area contributed by atoms with Gasteiger partial charge in [0.1, 0.15) is 11.5 Å². The predicted molar refractivity (Wildman–Crippen MR) is 211 cm³/mol. The van der Waals surface area contributed by atoms with Gasteiger partial charge in [-0.25, -0.2) is 0 Å². The van der Waals surface area contributed by atoms with Gasteiger partial charge in [0.25, 0.3) is 0 Å². The van der Waals surface area contributed by atoms with Crippen LogP contribution < -0.4 is 11.5 Å². The molecule has 8 N–H and O–H groups in total. The summed E-state index contributed by atoms with van der Waals surface area (Å²) < 4.78 is 0. The first-order valence-electron chi connectivity index (χ1n) is 17.1. The number of rotatable bonds is 9. The average Bonchev–Trinajstić information content (AvgIpc) is 3.17. The van der Waals surface area contributed by atoms with Crippen molar-refractivity contribution in [1.29, 1.82) is 0 Å². The Balaban J connectivity index is 0.000000202. The highest BCUT2D eigenvalue weighted by atomic mass is 16.4. The van der Waals surface area contributed by atoms with E-state index in [0.717, 1.165) is 68.5 Å². The van der Waals surface area contributed by atoms with Crippen LogP contribution in [0, 0.1) is 5.92 Å². The summed E-state index contributed by atoms with van der Waals surface area (Å²) in [5, 5.41) is 44.4. The Hall–Kier alpha value is -6.54. The van der Waals surface area contributed by atoms with E-state index in [1.54, 1.807) is 24.3 Å². The summed E-state index contributed by atoms with van der Waals surface area (Å²) in [5.74, 6) is 1.07. The Kier molecular flexibility index (Phi) is 11.9. The van der Waals surface area contributed by atoms with E-state index >= 15 is 0 Å². The van der Waals surface area contributed by atoms with Crippen LogP contribution in [0.25, 0.3) is 44.5 Å². The maximum atomic E-state index is 9.67. The van der Waals surface area contributed by atoms with Crippen LogP contribution in [0.1, 0.15) is 43.0 Å². The van der Waals surface area contributed by atoms with Crippen molar-refractivity contribution < 1.29 is 20.6 Å². The van der Waals surface area contributed by atoms with E-state index in [1.165, 1.54) is 0 Å². The molecular formula is C44H44N4O4. The lowest BCUT2D eigenvalue weighted by Crippen LogP contribution is -2.16. The van der Waals surface area contributed by atoms with Gasteiger partial charge in [0.2, 0.25) is 0 Å². The zero-order valence-corrected chi connectivity index (χ0v) is 29.5. The van der Waals surface area contributed by atoms with Crippen molar-refractivity contribution >= 4 is 11.7 Å². The molecule has 0 fully saturated rings. The molecule has 0 unspecified atom stereocenters. The van der Waals surface area contributed by atoms with Gasteiger partial charge in [0.15, 0.2) is 11.7 Å². The second kappa shape index (κ2) is 16.9. The van der Waals surface area contributed by atoms with Crippen LogP contribution in [0.5, 0.6) is 11.5 Å². The van der Waals surface area contributed by atoms with Crippen molar-refractivity contribution in [3.63, 3.8) is 0 Å². The molecule has 0 atom stereocenters. The number of aryl methyl sites for hydroxylation is 1. The van der Waals surface area contributed by atoms with Crippen LogP contribution in [0.4, 0.5) is 0 Å². The van der Waals surface area contributed by atoms with Gasteiger partial charge < -0.3 is 32.1 Å². The molecule has 6 rings (SSSR count). The molecule has 6 aromatic rings. The fraction of sp³-hybridized carbons (Fsp3) is 0.136. The van der Waals surface area contributed by atoms with Gasteiger partial charge in [-0.2, -0.15) is 0 Å². The Morgan fingerprint density at radius 2 is 0.923 bits per heavy atom. The maximum Gasteiger partial charge on any atom is 0.170 e. The lowest BCUT2D eigenvalue weighted by atomic mass is 9.86. The van der Waals surface area contributed by atoms with E-state index in [9.17, 15) is 20.6 Å². The van der Waals surface area contributed by atoms with Crippen LogP contribution in [0.3, 0.4) is 0 Å².